The largest absolute Gasteiger partial charge is 0.237 e. The van der Waals surface area contributed by atoms with E-state index in [0.29, 0.717) is 17.8 Å². The molecular weight excluding hydrogens is 452 g/mol. The molecule has 6 aromatic rings. The lowest BCUT2D eigenvalue weighted by atomic mass is 10.1. The van der Waals surface area contributed by atoms with Crippen LogP contribution in [0.25, 0.3) is 16.9 Å². The minimum atomic E-state index is 0.371. The Bertz CT molecular complexity index is 1350. The summed E-state index contributed by atoms with van der Waals surface area (Å²) in [7, 11) is 0. The fourth-order valence-corrected chi connectivity index (χ4v) is 3.76. The van der Waals surface area contributed by atoms with E-state index in [1.165, 1.54) is 11.3 Å². The van der Waals surface area contributed by atoms with E-state index in [1.54, 1.807) is 33.9 Å². The minimum absolute atomic E-state index is 0.371. The van der Waals surface area contributed by atoms with Crippen molar-refractivity contribution in [2.24, 2.45) is 0 Å². The fourth-order valence-electron chi connectivity index (χ4n) is 3.76. The van der Waals surface area contributed by atoms with Gasteiger partial charge < -0.3 is 0 Å². The highest BCUT2D eigenvalue weighted by Crippen LogP contribution is 2.17. The summed E-state index contributed by atoms with van der Waals surface area (Å²) < 4.78 is 5.45. The van der Waals surface area contributed by atoms with Crippen molar-refractivity contribution in [3.05, 3.63) is 84.9 Å². The summed E-state index contributed by atoms with van der Waals surface area (Å²) in [6.45, 7) is 12.8. The van der Waals surface area contributed by atoms with Crippen LogP contribution in [0.4, 0.5) is 0 Å². The predicted octanol–water partition coefficient (Wildman–Crippen LogP) is 4.95. The first kappa shape index (κ1) is 24.9. The first-order valence-electron chi connectivity index (χ1n) is 12.1. The van der Waals surface area contributed by atoms with Crippen LogP contribution in [0.1, 0.15) is 76.4 Å². The maximum atomic E-state index is 4.24. The second-order valence-corrected chi connectivity index (χ2v) is 9.25. The zero-order valence-corrected chi connectivity index (χ0v) is 21.6. The van der Waals surface area contributed by atoms with E-state index in [2.05, 4.69) is 76.8 Å². The lowest BCUT2D eigenvalue weighted by Gasteiger charge is -2.06. The van der Waals surface area contributed by atoms with E-state index in [9.17, 15) is 0 Å². The Morgan fingerprint density at radius 2 is 1.28 bits per heavy atom. The van der Waals surface area contributed by atoms with Crippen LogP contribution in [0.15, 0.2) is 67.8 Å². The van der Waals surface area contributed by atoms with Crippen LogP contribution in [-0.2, 0) is 0 Å². The molecule has 0 aliphatic rings. The number of imidazole rings is 1. The van der Waals surface area contributed by atoms with Crippen LogP contribution < -0.4 is 0 Å². The van der Waals surface area contributed by atoms with Gasteiger partial charge >= 0.3 is 0 Å². The molecule has 186 valence electrons. The zero-order chi connectivity index (χ0) is 25.7. The van der Waals surface area contributed by atoms with Crippen LogP contribution in [0, 0.1) is 0 Å². The average Bonchev–Trinajstić information content (AvgIpc) is 3.63. The molecule has 0 fully saturated rings. The molecule has 0 aliphatic carbocycles. The van der Waals surface area contributed by atoms with Gasteiger partial charge in [0.15, 0.2) is 16.9 Å². The van der Waals surface area contributed by atoms with Crippen molar-refractivity contribution in [3.63, 3.8) is 0 Å². The molecule has 36 heavy (non-hydrogen) atoms. The summed E-state index contributed by atoms with van der Waals surface area (Å²) in [5, 5.41) is 12.5. The Balaban J connectivity index is 0.000000127. The normalized spacial score (nSPS) is 11.2. The molecule has 0 saturated carbocycles. The summed E-state index contributed by atoms with van der Waals surface area (Å²) in [5.41, 5.74) is 5.18. The lowest BCUT2D eigenvalue weighted by Crippen LogP contribution is -2.04. The molecule has 0 atom stereocenters. The van der Waals surface area contributed by atoms with E-state index < -0.39 is 0 Å². The van der Waals surface area contributed by atoms with Gasteiger partial charge in [0.05, 0.1) is 12.4 Å². The molecular formula is C26H32N10. The van der Waals surface area contributed by atoms with E-state index in [4.69, 9.17) is 0 Å². The Hall–Kier alpha value is -4.21. The van der Waals surface area contributed by atoms with Gasteiger partial charge in [0.1, 0.15) is 12.2 Å². The third kappa shape index (κ3) is 5.37. The van der Waals surface area contributed by atoms with Gasteiger partial charge in [0, 0.05) is 54.1 Å². The van der Waals surface area contributed by atoms with E-state index in [-0.39, 0.29) is 0 Å². The molecule has 0 aliphatic heterocycles. The number of fused-ring (bicyclic) bond motifs is 3. The van der Waals surface area contributed by atoms with Crippen molar-refractivity contribution >= 4 is 16.9 Å². The molecule has 6 rings (SSSR count). The van der Waals surface area contributed by atoms with Crippen LogP contribution in [0.5, 0.6) is 0 Å². The quantitative estimate of drug-likeness (QED) is 0.350. The zero-order valence-electron chi connectivity index (χ0n) is 21.6. The van der Waals surface area contributed by atoms with Gasteiger partial charge in [0.25, 0.3) is 0 Å². The van der Waals surface area contributed by atoms with Gasteiger partial charge in [-0.3, -0.25) is 0 Å². The SMILES string of the molecule is CC(C)c1ccnc2ccnn12.CC(C)c1ccnn2ccnc12.CC(C)c1ncnc2ccnn12. The standard InChI is InChI=1S/2C9H11N3.C8H10N4/c1-7(2)8-3-5-10-9-4-6-11-12(8)9;1-7(2)8-3-4-11-12-6-5-10-9(8)12;1-6(2)8-10-5-9-7-3-4-11-12(7)8/h2*3-7H,1-2H3;3-6H,1-2H3. The summed E-state index contributed by atoms with van der Waals surface area (Å²) in [4.78, 5) is 16.7. The molecule has 0 radical (unpaired) electrons. The van der Waals surface area contributed by atoms with Crippen molar-refractivity contribution in [2.45, 2.75) is 59.3 Å². The van der Waals surface area contributed by atoms with Crippen molar-refractivity contribution in [1.82, 2.24) is 48.8 Å². The first-order valence-corrected chi connectivity index (χ1v) is 12.1. The van der Waals surface area contributed by atoms with E-state index in [1.807, 2.05) is 47.4 Å². The second kappa shape index (κ2) is 11.0. The Kier molecular flexibility index (Phi) is 7.62. The molecule has 0 aromatic carbocycles. The third-order valence-corrected chi connectivity index (χ3v) is 5.59. The van der Waals surface area contributed by atoms with Crippen LogP contribution in [-0.4, -0.2) is 48.8 Å². The number of nitrogens with zero attached hydrogens (tertiary/aromatic N) is 10. The first-order chi connectivity index (χ1) is 17.4. The number of rotatable bonds is 3. The molecule has 0 saturated heterocycles. The Morgan fingerprint density at radius 3 is 1.97 bits per heavy atom. The Morgan fingerprint density at radius 1 is 0.583 bits per heavy atom. The highest BCUT2D eigenvalue weighted by molar-refractivity contribution is 5.47. The summed E-state index contributed by atoms with van der Waals surface area (Å²) in [6.07, 6.45) is 12.3. The molecule has 10 nitrogen and oxygen atoms in total. The van der Waals surface area contributed by atoms with Gasteiger partial charge in [-0.05, 0) is 24.0 Å². The molecule has 0 bridgehead atoms. The molecule has 0 amide bonds. The highest BCUT2D eigenvalue weighted by atomic mass is 15.3. The topological polar surface area (TPSA) is 103 Å². The molecule has 6 heterocycles. The third-order valence-electron chi connectivity index (χ3n) is 5.59. The summed E-state index contributed by atoms with van der Waals surface area (Å²) in [5.74, 6) is 2.30. The number of hydrogen-bond donors (Lipinski definition) is 0. The highest BCUT2D eigenvalue weighted by Gasteiger charge is 2.07. The van der Waals surface area contributed by atoms with Crippen molar-refractivity contribution in [2.75, 3.05) is 0 Å². The van der Waals surface area contributed by atoms with Crippen molar-refractivity contribution in [3.8, 4) is 0 Å². The van der Waals surface area contributed by atoms with Crippen molar-refractivity contribution < 1.29 is 0 Å². The summed E-state index contributed by atoms with van der Waals surface area (Å²) >= 11 is 0. The van der Waals surface area contributed by atoms with Crippen molar-refractivity contribution in [1.29, 1.82) is 0 Å². The van der Waals surface area contributed by atoms with Gasteiger partial charge in [-0.25, -0.2) is 33.5 Å². The smallest absolute Gasteiger partial charge is 0.158 e. The minimum Gasteiger partial charge on any atom is -0.237 e. The van der Waals surface area contributed by atoms with Gasteiger partial charge in [-0.1, -0.05) is 41.5 Å². The molecule has 0 spiro atoms. The molecule has 0 N–H and O–H groups in total. The second-order valence-electron chi connectivity index (χ2n) is 9.25. The lowest BCUT2D eigenvalue weighted by molar-refractivity contribution is 0.701. The van der Waals surface area contributed by atoms with Gasteiger partial charge in [0.2, 0.25) is 0 Å². The molecule has 0 unspecified atom stereocenters. The summed E-state index contributed by atoms with van der Waals surface area (Å²) in [6, 6.07) is 7.80. The molecule has 10 heteroatoms. The fraction of sp³-hybridized carbons (Fsp3) is 0.346. The number of hydrogen-bond acceptors (Lipinski definition) is 7. The Labute approximate surface area is 210 Å². The maximum absolute atomic E-state index is 4.24. The monoisotopic (exact) mass is 484 g/mol. The van der Waals surface area contributed by atoms with Gasteiger partial charge in [-0.15, -0.1) is 0 Å². The maximum Gasteiger partial charge on any atom is 0.158 e. The van der Waals surface area contributed by atoms with Crippen LogP contribution in [0.3, 0.4) is 0 Å². The predicted molar refractivity (Wildman–Crippen MR) is 139 cm³/mol. The van der Waals surface area contributed by atoms with Crippen LogP contribution in [0.2, 0.25) is 0 Å². The van der Waals surface area contributed by atoms with E-state index >= 15 is 0 Å². The van der Waals surface area contributed by atoms with E-state index in [0.717, 1.165) is 22.8 Å². The number of aromatic nitrogens is 10. The van der Waals surface area contributed by atoms with Gasteiger partial charge in [-0.2, -0.15) is 15.3 Å². The van der Waals surface area contributed by atoms with Crippen LogP contribution >= 0.6 is 0 Å². The molecule has 6 aromatic heterocycles. The average molecular weight is 485 g/mol.